The van der Waals surface area contributed by atoms with Gasteiger partial charge in [-0.3, -0.25) is 9.59 Å². The summed E-state index contributed by atoms with van der Waals surface area (Å²) in [7, 11) is 0. The van der Waals surface area contributed by atoms with Crippen LogP contribution in [-0.4, -0.2) is 35.2 Å². The molecule has 0 aliphatic heterocycles. The average Bonchev–Trinajstić information content (AvgIpc) is 2.01. The van der Waals surface area contributed by atoms with Gasteiger partial charge >= 0.3 is 11.9 Å². The standard InChI is InChI=1S/C8H13NO4/c10-7(11)4-2-1-3-5-9-6-8(12)13/h1,3,9H,2,4-6H2,(H,10,11)(H,12,13)/b3-1+. The van der Waals surface area contributed by atoms with Gasteiger partial charge in [-0.2, -0.15) is 0 Å². The molecule has 0 aromatic heterocycles. The number of carbonyl (C=O) groups is 2. The van der Waals surface area contributed by atoms with Crippen LogP contribution in [0.25, 0.3) is 0 Å². The second-order valence-corrected chi connectivity index (χ2v) is 2.43. The Balaban J connectivity index is 3.22. The molecule has 0 saturated carbocycles. The van der Waals surface area contributed by atoms with Gasteiger partial charge in [-0.1, -0.05) is 12.2 Å². The fourth-order valence-corrected chi connectivity index (χ4v) is 0.670. The van der Waals surface area contributed by atoms with E-state index in [1.807, 2.05) is 0 Å². The van der Waals surface area contributed by atoms with Gasteiger partial charge in [-0.25, -0.2) is 0 Å². The monoisotopic (exact) mass is 187 g/mol. The van der Waals surface area contributed by atoms with Gasteiger partial charge in [0.05, 0.1) is 6.54 Å². The predicted molar refractivity (Wildman–Crippen MR) is 46.5 cm³/mol. The van der Waals surface area contributed by atoms with Crippen LogP contribution < -0.4 is 5.32 Å². The van der Waals surface area contributed by atoms with Crippen LogP contribution in [-0.2, 0) is 9.59 Å². The molecule has 5 heteroatoms. The first-order valence-electron chi connectivity index (χ1n) is 3.92. The quantitative estimate of drug-likeness (QED) is 0.388. The number of aliphatic carboxylic acids is 2. The van der Waals surface area contributed by atoms with E-state index in [1.165, 1.54) is 0 Å². The summed E-state index contributed by atoms with van der Waals surface area (Å²) in [4.78, 5) is 20.1. The zero-order valence-electron chi connectivity index (χ0n) is 7.19. The van der Waals surface area contributed by atoms with Crippen LogP contribution in [0.5, 0.6) is 0 Å². The van der Waals surface area contributed by atoms with E-state index >= 15 is 0 Å². The number of carboxylic acid groups (broad SMARTS) is 2. The molecule has 0 aromatic rings. The molecule has 0 amide bonds. The molecule has 13 heavy (non-hydrogen) atoms. The average molecular weight is 187 g/mol. The SMILES string of the molecule is O=C(O)CC/C=C/CNCC(=O)O. The lowest BCUT2D eigenvalue weighted by Gasteiger charge is -1.94. The highest BCUT2D eigenvalue weighted by atomic mass is 16.4. The number of nitrogens with one attached hydrogen (secondary N) is 1. The zero-order chi connectivity index (χ0) is 10.1. The zero-order valence-corrected chi connectivity index (χ0v) is 7.19. The van der Waals surface area contributed by atoms with Crippen molar-refractivity contribution in [1.29, 1.82) is 0 Å². The maximum Gasteiger partial charge on any atom is 0.317 e. The number of hydrogen-bond donors (Lipinski definition) is 3. The summed E-state index contributed by atoms with van der Waals surface area (Å²) in [6.45, 7) is 0.370. The molecule has 3 N–H and O–H groups in total. The van der Waals surface area contributed by atoms with Gasteiger partial charge in [0.15, 0.2) is 0 Å². The number of rotatable bonds is 7. The number of allylic oxidation sites excluding steroid dienone is 1. The predicted octanol–water partition coefficient (Wildman–Crippen LogP) is 0.0816. The molecule has 0 heterocycles. The second kappa shape index (κ2) is 7.30. The van der Waals surface area contributed by atoms with Crippen LogP contribution in [0.4, 0.5) is 0 Å². The van der Waals surface area contributed by atoms with Crippen molar-refractivity contribution >= 4 is 11.9 Å². The highest BCUT2D eigenvalue weighted by molar-refractivity contribution is 5.69. The number of carboxylic acids is 2. The topological polar surface area (TPSA) is 86.6 Å². The summed E-state index contributed by atoms with van der Waals surface area (Å²) in [5.41, 5.74) is 0. The van der Waals surface area contributed by atoms with Gasteiger partial charge in [0.2, 0.25) is 0 Å². The van der Waals surface area contributed by atoms with E-state index in [0.29, 0.717) is 13.0 Å². The van der Waals surface area contributed by atoms with Crippen molar-refractivity contribution in [3.63, 3.8) is 0 Å². The van der Waals surface area contributed by atoms with Crippen LogP contribution in [0.15, 0.2) is 12.2 Å². The summed E-state index contributed by atoms with van der Waals surface area (Å²) in [5.74, 6) is -1.73. The van der Waals surface area contributed by atoms with E-state index in [4.69, 9.17) is 10.2 Å². The molecule has 0 spiro atoms. The molecule has 5 nitrogen and oxygen atoms in total. The molecule has 0 aliphatic carbocycles. The van der Waals surface area contributed by atoms with Crippen LogP contribution in [0.2, 0.25) is 0 Å². The number of hydrogen-bond acceptors (Lipinski definition) is 3. The van der Waals surface area contributed by atoms with Gasteiger partial charge in [0.25, 0.3) is 0 Å². The highest BCUT2D eigenvalue weighted by Gasteiger charge is 1.92. The van der Waals surface area contributed by atoms with Gasteiger partial charge < -0.3 is 15.5 Å². The highest BCUT2D eigenvalue weighted by Crippen LogP contribution is 1.89. The summed E-state index contributed by atoms with van der Waals surface area (Å²) < 4.78 is 0. The minimum Gasteiger partial charge on any atom is -0.481 e. The molecule has 0 aliphatic rings. The maximum atomic E-state index is 10.1. The van der Waals surface area contributed by atoms with E-state index in [2.05, 4.69) is 5.32 Å². The van der Waals surface area contributed by atoms with Crippen molar-refractivity contribution in [2.45, 2.75) is 12.8 Å². The fourth-order valence-electron chi connectivity index (χ4n) is 0.670. The molecule has 74 valence electrons. The van der Waals surface area contributed by atoms with E-state index < -0.39 is 11.9 Å². The van der Waals surface area contributed by atoms with Crippen LogP contribution >= 0.6 is 0 Å². The third kappa shape index (κ3) is 10.6. The van der Waals surface area contributed by atoms with Gasteiger partial charge in [0.1, 0.15) is 0 Å². The van der Waals surface area contributed by atoms with Crippen molar-refractivity contribution < 1.29 is 19.8 Å². The van der Waals surface area contributed by atoms with E-state index in [1.54, 1.807) is 12.2 Å². The molecule has 0 atom stereocenters. The summed E-state index contributed by atoms with van der Waals surface area (Å²) in [6.07, 6.45) is 4.01. The second-order valence-electron chi connectivity index (χ2n) is 2.43. The van der Waals surface area contributed by atoms with Crippen LogP contribution in [0.3, 0.4) is 0 Å². The Bertz CT molecular complexity index is 200. The normalized spacial score (nSPS) is 10.5. The Morgan fingerprint density at radius 1 is 1.15 bits per heavy atom. The molecule has 0 aromatic carbocycles. The van der Waals surface area contributed by atoms with E-state index in [-0.39, 0.29) is 13.0 Å². The Morgan fingerprint density at radius 2 is 1.85 bits per heavy atom. The Morgan fingerprint density at radius 3 is 2.38 bits per heavy atom. The molecule has 0 saturated heterocycles. The van der Waals surface area contributed by atoms with Gasteiger partial charge in [-0.05, 0) is 6.42 Å². The first-order chi connectivity index (χ1) is 6.13. The minimum absolute atomic E-state index is 0.0801. The molecular formula is C8H13NO4. The lowest BCUT2D eigenvalue weighted by atomic mass is 10.3. The lowest BCUT2D eigenvalue weighted by molar-refractivity contribution is -0.137. The van der Waals surface area contributed by atoms with Crippen molar-refractivity contribution in [2.75, 3.05) is 13.1 Å². The molecular weight excluding hydrogens is 174 g/mol. The first kappa shape index (κ1) is 11.6. The van der Waals surface area contributed by atoms with Gasteiger partial charge in [0, 0.05) is 13.0 Å². The van der Waals surface area contributed by atoms with Gasteiger partial charge in [-0.15, -0.1) is 0 Å². The van der Waals surface area contributed by atoms with Crippen molar-refractivity contribution in [1.82, 2.24) is 5.32 Å². The van der Waals surface area contributed by atoms with E-state index in [9.17, 15) is 9.59 Å². The fraction of sp³-hybridized carbons (Fsp3) is 0.500. The third-order valence-corrected chi connectivity index (χ3v) is 1.23. The first-order valence-corrected chi connectivity index (χ1v) is 3.92. The third-order valence-electron chi connectivity index (χ3n) is 1.23. The summed E-state index contributed by atoms with van der Waals surface area (Å²) in [5, 5.41) is 19.1. The Labute approximate surface area is 76.1 Å². The summed E-state index contributed by atoms with van der Waals surface area (Å²) in [6, 6.07) is 0. The Kier molecular flexibility index (Phi) is 6.53. The smallest absolute Gasteiger partial charge is 0.317 e. The summed E-state index contributed by atoms with van der Waals surface area (Å²) >= 11 is 0. The van der Waals surface area contributed by atoms with Crippen LogP contribution in [0, 0.1) is 0 Å². The van der Waals surface area contributed by atoms with Crippen molar-refractivity contribution in [3.8, 4) is 0 Å². The van der Waals surface area contributed by atoms with E-state index in [0.717, 1.165) is 0 Å². The van der Waals surface area contributed by atoms with Crippen molar-refractivity contribution in [3.05, 3.63) is 12.2 Å². The van der Waals surface area contributed by atoms with Crippen LogP contribution in [0.1, 0.15) is 12.8 Å². The Hall–Kier alpha value is -1.36. The molecule has 0 radical (unpaired) electrons. The molecule has 0 bridgehead atoms. The largest absolute Gasteiger partial charge is 0.481 e. The lowest BCUT2D eigenvalue weighted by Crippen LogP contribution is -2.22. The minimum atomic E-state index is -0.904. The maximum absolute atomic E-state index is 10.1. The molecule has 0 unspecified atom stereocenters. The molecule has 0 rings (SSSR count). The van der Waals surface area contributed by atoms with Crippen molar-refractivity contribution in [2.24, 2.45) is 0 Å². The molecule has 0 fully saturated rings.